The zero-order chi connectivity index (χ0) is 30.9. The van der Waals surface area contributed by atoms with Crippen molar-refractivity contribution in [2.45, 2.75) is 13.8 Å². The molecule has 2 aliphatic rings. The maximum atomic E-state index is 11.7. The quantitative estimate of drug-likeness (QED) is 0.0904. The van der Waals surface area contributed by atoms with Crippen molar-refractivity contribution in [2.75, 3.05) is 6.54 Å². The Kier molecular flexibility index (Phi) is 13.6. The Labute approximate surface area is 249 Å². The second kappa shape index (κ2) is 15.5. The van der Waals surface area contributed by atoms with Gasteiger partial charge in [-0.15, -0.1) is 0 Å². The molecule has 0 aromatic heterocycles. The molecular weight excluding hydrogens is 569 g/mol. The van der Waals surface area contributed by atoms with Crippen molar-refractivity contribution in [3.63, 3.8) is 0 Å². The van der Waals surface area contributed by atoms with E-state index in [-0.39, 0.29) is 63.2 Å². The summed E-state index contributed by atoms with van der Waals surface area (Å²) in [6, 6.07) is 6.60. The first-order valence-corrected chi connectivity index (χ1v) is 10.3. The van der Waals surface area contributed by atoms with Crippen LogP contribution in [0.1, 0.15) is 55.3 Å². The number of carbonyl (C=O) groups excluding carboxylic acids is 5. The number of hydrogen-bond donors (Lipinski definition) is 2. The molecule has 0 fully saturated rings. The molecule has 0 atom stereocenters. The third kappa shape index (κ3) is 10.2. The number of fused-ring (bicyclic) bond motifs is 2. The van der Waals surface area contributed by atoms with E-state index in [9.17, 15) is 44.2 Å². The van der Waals surface area contributed by atoms with Crippen LogP contribution in [0.25, 0.3) is 0 Å². The molecule has 19 heteroatoms. The molecule has 0 aliphatic carbocycles. The Hall–Kier alpha value is -5.07. The van der Waals surface area contributed by atoms with Gasteiger partial charge in [0.25, 0.3) is 29.2 Å². The van der Waals surface area contributed by atoms with E-state index >= 15 is 0 Å². The van der Waals surface area contributed by atoms with Crippen LogP contribution < -0.4 is 34.7 Å². The number of carboxylic acid groups (broad SMARTS) is 3. The molecule has 0 bridgehead atoms. The van der Waals surface area contributed by atoms with Crippen molar-refractivity contribution in [1.29, 1.82) is 0 Å². The monoisotopic (exact) mass is 585 g/mol. The van der Waals surface area contributed by atoms with Crippen LogP contribution >= 0.6 is 0 Å². The summed E-state index contributed by atoms with van der Waals surface area (Å²) < 4.78 is 4.27. The summed E-state index contributed by atoms with van der Waals surface area (Å²) in [4.78, 5) is 93.9. The molecule has 18 nitrogen and oxygen atoms in total. The van der Waals surface area contributed by atoms with Gasteiger partial charge in [0, 0.05) is 37.2 Å². The number of carbonyl (C=O) groups is 7. The second-order valence-electron chi connectivity index (χ2n) is 7.25. The molecule has 0 unspecified atom stereocenters. The Morgan fingerprint density at radius 2 is 1.15 bits per heavy atom. The molecule has 2 aromatic rings. The van der Waals surface area contributed by atoms with Gasteiger partial charge in [0.1, 0.15) is 6.54 Å². The number of imide groups is 1. The summed E-state index contributed by atoms with van der Waals surface area (Å²) in [6.45, 7) is 1.29. The number of nitrogens with zero attached hydrogens (tertiary/aromatic N) is 3. The number of carboxylic acids is 3. The predicted octanol–water partition coefficient (Wildman–Crippen LogP) is -2.97. The number of non-ortho nitro benzene ring substituents is 2. The molecule has 2 aliphatic heterocycles. The number of rotatable bonds is 4. The van der Waals surface area contributed by atoms with E-state index in [0.717, 1.165) is 44.2 Å². The van der Waals surface area contributed by atoms with Crippen molar-refractivity contribution >= 4 is 53.0 Å². The Bertz CT molecular complexity index is 1430. The van der Waals surface area contributed by atoms with Crippen LogP contribution in [0.4, 0.5) is 11.4 Å². The zero-order valence-corrected chi connectivity index (χ0v) is 23.2. The molecule has 41 heavy (non-hydrogen) atoms. The van der Waals surface area contributed by atoms with Crippen LogP contribution in [0, 0.1) is 20.2 Å². The minimum absolute atomic E-state index is 0. The van der Waals surface area contributed by atoms with Crippen molar-refractivity contribution in [2.24, 2.45) is 0 Å². The summed E-state index contributed by atoms with van der Waals surface area (Å²) >= 11 is 0. The normalized spacial score (nSPS) is 11.9. The van der Waals surface area contributed by atoms with E-state index in [1.54, 1.807) is 0 Å². The number of cyclic esters (lactones) is 2. The first-order chi connectivity index (χ1) is 18.5. The summed E-state index contributed by atoms with van der Waals surface area (Å²) in [6.07, 6.45) is 0. The number of benzene rings is 2. The van der Waals surface area contributed by atoms with Gasteiger partial charge in [-0.3, -0.25) is 44.3 Å². The summed E-state index contributed by atoms with van der Waals surface area (Å²) in [5.41, 5.74) is -0.713. The van der Waals surface area contributed by atoms with E-state index in [1.165, 1.54) is 6.07 Å². The van der Waals surface area contributed by atoms with E-state index in [0.29, 0.717) is 4.90 Å². The predicted molar refractivity (Wildman–Crippen MR) is 123 cm³/mol. The van der Waals surface area contributed by atoms with Crippen molar-refractivity contribution in [3.8, 4) is 0 Å². The SMILES string of the molecule is CC(=O)O.CC(=O)[O-].O=C(O)CN1C(=O)c2ccc([N+](=O)[O-])cc2C1=O.O=C1OC(=O)c2cc([N+](=O)[O-])ccc21.[Na+]. The molecule has 210 valence electrons. The topological polar surface area (TPSA) is 282 Å². The van der Waals surface area contributed by atoms with Gasteiger partial charge in [-0.05, 0) is 19.1 Å². The maximum absolute atomic E-state index is 11.7. The number of esters is 2. The average Bonchev–Trinajstić information content (AvgIpc) is 3.25. The van der Waals surface area contributed by atoms with Crippen LogP contribution in [0.3, 0.4) is 0 Å². The Morgan fingerprint density at radius 3 is 1.56 bits per heavy atom. The van der Waals surface area contributed by atoms with Crippen LogP contribution in [0.15, 0.2) is 36.4 Å². The van der Waals surface area contributed by atoms with Crippen molar-refractivity contribution < 1.29 is 93.0 Å². The minimum Gasteiger partial charge on any atom is -0.550 e. The molecule has 2 heterocycles. The molecule has 4 rings (SSSR count). The van der Waals surface area contributed by atoms with Gasteiger partial charge in [0.15, 0.2) is 0 Å². The number of ether oxygens (including phenoxy) is 1. The summed E-state index contributed by atoms with van der Waals surface area (Å²) in [7, 11) is 0. The number of amides is 2. The van der Waals surface area contributed by atoms with Gasteiger partial charge in [-0.25, -0.2) is 9.59 Å². The number of hydrogen-bond acceptors (Lipinski definition) is 13. The van der Waals surface area contributed by atoms with Gasteiger partial charge in [-0.2, -0.15) is 0 Å². The fourth-order valence-corrected chi connectivity index (χ4v) is 2.86. The standard InChI is InChI=1S/C10H6N2O6.C8H3NO5.2C2H4O2.Na/c13-8(14)4-11-9(15)6-2-1-5(12(17)18)3-7(6)10(11)16;10-7-5-2-1-4(9(12)13)3-6(5)8(11)14-7;2*1-2(3)4;/h1-3H,4H2,(H,13,14);1-3H;2*1H3,(H,3,4);/q;;;;+1/p-1. The summed E-state index contributed by atoms with van der Waals surface area (Å²) in [5, 5.41) is 45.8. The van der Waals surface area contributed by atoms with Crippen molar-refractivity contribution in [3.05, 3.63) is 78.9 Å². The van der Waals surface area contributed by atoms with Crippen LogP contribution in [0.5, 0.6) is 0 Å². The average molecular weight is 585 g/mol. The third-order valence-electron chi connectivity index (χ3n) is 4.30. The van der Waals surface area contributed by atoms with Gasteiger partial charge < -0.3 is 24.9 Å². The van der Waals surface area contributed by atoms with Gasteiger partial charge >= 0.3 is 47.5 Å². The number of nitro groups is 2. The molecule has 2 N–H and O–H groups in total. The first-order valence-electron chi connectivity index (χ1n) is 10.3. The fourth-order valence-electron chi connectivity index (χ4n) is 2.86. The van der Waals surface area contributed by atoms with Crippen LogP contribution in [-0.2, 0) is 19.1 Å². The van der Waals surface area contributed by atoms with Gasteiger partial charge in [0.05, 0.1) is 32.1 Å². The largest absolute Gasteiger partial charge is 1.00 e. The van der Waals surface area contributed by atoms with E-state index < -0.39 is 58.1 Å². The molecular formula is C22H16N3NaO15. The van der Waals surface area contributed by atoms with E-state index in [1.807, 2.05) is 0 Å². The fraction of sp³-hybridized carbons (Fsp3) is 0.136. The molecule has 2 aromatic carbocycles. The molecule has 0 saturated heterocycles. The van der Waals surface area contributed by atoms with Gasteiger partial charge in [0.2, 0.25) is 0 Å². The summed E-state index contributed by atoms with van der Waals surface area (Å²) in [5.74, 6) is -6.44. The smallest absolute Gasteiger partial charge is 0.550 e. The molecule has 0 saturated carbocycles. The zero-order valence-electron chi connectivity index (χ0n) is 21.2. The van der Waals surface area contributed by atoms with Crippen molar-refractivity contribution in [1.82, 2.24) is 4.90 Å². The van der Waals surface area contributed by atoms with Crippen LogP contribution in [-0.4, -0.2) is 73.2 Å². The Balaban J connectivity index is 0.000000618. The number of nitro benzene ring substituents is 2. The van der Waals surface area contributed by atoms with Gasteiger partial charge in [-0.1, -0.05) is 0 Å². The third-order valence-corrected chi connectivity index (χ3v) is 4.30. The molecule has 0 radical (unpaired) electrons. The minimum atomic E-state index is -1.33. The number of aliphatic carboxylic acids is 3. The Morgan fingerprint density at radius 1 is 0.780 bits per heavy atom. The second-order valence-corrected chi connectivity index (χ2v) is 7.25. The maximum Gasteiger partial charge on any atom is 1.00 e. The van der Waals surface area contributed by atoms with E-state index in [2.05, 4.69) is 4.74 Å². The van der Waals surface area contributed by atoms with E-state index in [4.69, 9.17) is 24.9 Å². The molecule has 2 amide bonds. The van der Waals surface area contributed by atoms with Crippen LogP contribution in [0.2, 0.25) is 0 Å². The first kappa shape index (κ1) is 35.9. The molecule has 0 spiro atoms.